The van der Waals surface area contributed by atoms with Crippen LogP contribution in [0, 0.1) is 0 Å². The SMILES string of the molecule is O=C(Nc1ccccc1-c1ccc(-c2nn[nH]n2)s1)c1cccc(-c2ccc(O)cc2O)c1. The van der Waals surface area contributed by atoms with Crippen molar-refractivity contribution in [2.75, 3.05) is 5.32 Å². The first-order valence-electron chi connectivity index (χ1n) is 9.95. The molecule has 0 saturated carbocycles. The fourth-order valence-electron chi connectivity index (χ4n) is 3.46. The number of anilines is 1. The summed E-state index contributed by atoms with van der Waals surface area (Å²) in [6, 6.07) is 22.7. The number of hydrogen-bond donors (Lipinski definition) is 4. The molecule has 3 aromatic carbocycles. The van der Waals surface area contributed by atoms with Gasteiger partial charge in [-0.3, -0.25) is 4.79 Å². The van der Waals surface area contributed by atoms with Crippen molar-refractivity contribution in [3.63, 3.8) is 0 Å². The molecule has 8 nitrogen and oxygen atoms in total. The predicted octanol–water partition coefficient (Wildman–Crippen LogP) is 4.93. The van der Waals surface area contributed by atoms with Crippen LogP contribution in [0.1, 0.15) is 10.4 Å². The van der Waals surface area contributed by atoms with Crippen LogP contribution >= 0.6 is 11.3 Å². The third kappa shape index (κ3) is 4.17. The third-order valence-corrected chi connectivity index (χ3v) is 6.14. The minimum atomic E-state index is -0.280. The molecule has 33 heavy (non-hydrogen) atoms. The van der Waals surface area contributed by atoms with E-state index in [4.69, 9.17) is 0 Å². The van der Waals surface area contributed by atoms with Gasteiger partial charge in [0.15, 0.2) is 0 Å². The summed E-state index contributed by atoms with van der Waals surface area (Å²) >= 11 is 1.50. The first-order valence-corrected chi connectivity index (χ1v) is 10.8. The van der Waals surface area contributed by atoms with Crippen LogP contribution in [0.25, 0.3) is 32.3 Å². The van der Waals surface area contributed by atoms with Gasteiger partial charge in [0.05, 0.1) is 4.88 Å². The van der Waals surface area contributed by atoms with Gasteiger partial charge in [-0.25, -0.2) is 0 Å². The number of phenols is 2. The van der Waals surface area contributed by atoms with Crippen molar-refractivity contribution in [3.05, 3.63) is 84.4 Å². The number of phenolic OH excluding ortho intramolecular Hbond substituents is 2. The van der Waals surface area contributed by atoms with Crippen LogP contribution in [-0.2, 0) is 0 Å². The number of nitrogens with zero attached hydrogens (tertiary/aromatic N) is 3. The van der Waals surface area contributed by atoms with Gasteiger partial charge in [-0.15, -0.1) is 21.5 Å². The number of H-pyrrole nitrogens is 1. The van der Waals surface area contributed by atoms with Gasteiger partial charge < -0.3 is 15.5 Å². The van der Waals surface area contributed by atoms with E-state index in [-0.39, 0.29) is 17.4 Å². The Morgan fingerprint density at radius 1 is 0.879 bits per heavy atom. The van der Waals surface area contributed by atoms with E-state index in [0.29, 0.717) is 28.2 Å². The molecule has 0 unspecified atom stereocenters. The third-order valence-electron chi connectivity index (χ3n) is 5.03. The highest BCUT2D eigenvalue weighted by Crippen LogP contribution is 2.37. The molecule has 0 aliphatic heterocycles. The van der Waals surface area contributed by atoms with Crippen molar-refractivity contribution >= 4 is 22.9 Å². The minimum Gasteiger partial charge on any atom is -0.508 e. The van der Waals surface area contributed by atoms with Crippen LogP contribution in [0.5, 0.6) is 11.5 Å². The standard InChI is InChI=1S/C24H17N5O3S/c30-16-8-9-17(20(31)13-16)14-4-3-5-15(12-14)24(32)25-19-7-2-1-6-18(19)21-10-11-22(33-21)23-26-28-29-27-23/h1-13,30-31H,(H,25,32)(H,26,27,28,29). The zero-order chi connectivity index (χ0) is 22.8. The predicted molar refractivity (Wildman–Crippen MR) is 126 cm³/mol. The number of hydrogen-bond acceptors (Lipinski definition) is 7. The highest BCUT2D eigenvalue weighted by molar-refractivity contribution is 7.18. The van der Waals surface area contributed by atoms with Crippen LogP contribution < -0.4 is 5.32 Å². The van der Waals surface area contributed by atoms with Crippen molar-refractivity contribution in [2.24, 2.45) is 0 Å². The molecule has 0 spiro atoms. The summed E-state index contributed by atoms with van der Waals surface area (Å²) < 4.78 is 0. The fraction of sp³-hybridized carbons (Fsp3) is 0. The van der Waals surface area contributed by atoms with Gasteiger partial charge in [-0.2, -0.15) is 5.21 Å². The summed E-state index contributed by atoms with van der Waals surface area (Å²) in [7, 11) is 0. The van der Waals surface area contributed by atoms with Crippen molar-refractivity contribution in [2.45, 2.75) is 0 Å². The maximum absolute atomic E-state index is 13.1. The molecule has 0 aliphatic rings. The normalized spacial score (nSPS) is 10.8. The molecule has 9 heteroatoms. The molecule has 0 radical (unpaired) electrons. The summed E-state index contributed by atoms with van der Waals surface area (Å²) in [6.45, 7) is 0. The second-order valence-corrected chi connectivity index (χ2v) is 8.27. The quantitative estimate of drug-likeness (QED) is 0.298. The van der Waals surface area contributed by atoms with Crippen LogP contribution in [0.3, 0.4) is 0 Å². The van der Waals surface area contributed by atoms with E-state index in [2.05, 4.69) is 25.9 Å². The summed E-state index contributed by atoms with van der Waals surface area (Å²) in [5.74, 6) is 0.144. The van der Waals surface area contributed by atoms with Gasteiger partial charge in [0.25, 0.3) is 5.91 Å². The van der Waals surface area contributed by atoms with E-state index in [1.54, 1.807) is 30.3 Å². The average Bonchev–Trinajstić information content (AvgIpc) is 3.52. The summed E-state index contributed by atoms with van der Waals surface area (Å²) in [5, 5.41) is 36.7. The van der Waals surface area contributed by atoms with E-state index in [0.717, 1.165) is 15.3 Å². The van der Waals surface area contributed by atoms with Gasteiger partial charge in [-0.05, 0) is 53.2 Å². The van der Waals surface area contributed by atoms with E-state index >= 15 is 0 Å². The van der Waals surface area contributed by atoms with Crippen molar-refractivity contribution < 1.29 is 15.0 Å². The fourth-order valence-corrected chi connectivity index (χ4v) is 4.44. The van der Waals surface area contributed by atoms with Crippen LogP contribution in [0.2, 0.25) is 0 Å². The molecule has 0 aliphatic carbocycles. The zero-order valence-electron chi connectivity index (χ0n) is 17.1. The Morgan fingerprint density at radius 2 is 1.73 bits per heavy atom. The summed E-state index contributed by atoms with van der Waals surface area (Å²) in [6.07, 6.45) is 0. The molecule has 0 bridgehead atoms. The summed E-state index contributed by atoms with van der Waals surface area (Å²) in [4.78, 5) is 14.9. The number of tetrazole rings is 1. The van der Waals surface area contributed by atoms with Gasteiger partial charge in [0.2, 0.25) is 5.82 Å². The first-order chi connectivity index (χ1) is 16.1. The minimum absolute atomic E-state index is 0.0298. The number of carbonyl (C=O) groups excluding carboxylic acids is 1. The van der Waals surface area contributed by atoms with E-state index < -0.39 is 0 Å². The average molecular weight is 455 g/mol. The molecular weight excluding hydrogens is 438 g/mol. The molecule has 5 rings (SSSR count). The largest absolute Gasteiger partial charge is 0.508 e. The number of amides is 1. The van der Waals surface area contributed by atoms with Gasteiger partial charge in [0, 0.05) is 33.3 Å². The zero-order valence-corrected chi connectivity index (χ0v) is 17.9. The van der Waals surface area contributed by atoms with E-state index in [9.17, 15) is 15.0 Å². The topological polar surface area (TPSA) is 124 Å². The molecule has 0 fully saturated rings. The Balaban J connectivity index is 1.42. The molecule has 1 amide bonds. The molecule has 0 saturated heterocycles. The Kier molecular flexibility index (Phi) is 5.29. The van der Waals surface area contributed by atoms with Crippen molar-refractivity contribution in [1.29, 1.82) is 0 Å². The number of rotatable bonds is 5. The lowest BCUT2D eigenvalue weighted by Crippen LogP contribution is -2.12. The van der Waals surface area contributed by atoms with E-state index in [1.165, 1.54) is 23.5 Å². The second kappa shape index (κ2) is 8.56. The Hall–Kier alpha value is -4.50. The second-order valence-electron chi connectivity index (χ2n) is 7.18. The van der Waals surface area contributed by atoms with E-state index in [1.807, 2.05) is 36.4 Å². The van der Waals surface area contributed by atoms with Crippen molar-refractivity contribution in [3.8, 4) is 43.8 Å². The molecule has 0 atom stereocenters. The molecule has 5 aromatic rings. The maximum Gasteiger partial charge on any atom is 0.255 e. The molecular formula is C24H17N5O3S. The lowest BCUT2D eigenvalue weighted by molar-refractivity contribution is 0.102. The summed E-state index contributed by atoms with van der Waals surface area (Å²) in [5.41, 5.74) is 3.17. The lowest BCUT2D eigenvalue weighted by Gasteiger charge is -2.11. The number of para-hydroxylation sites is 1. The number of nitrogens with one attached hydrogen (secondary N) is 2. The maximum atomic E-state index is 13.1. The Morgan fingerprint density at radius 3 is 2.55 bits per heavy atom. The van der Waals surface area contributed by atoms with Crippen LogP contribution in [0.4, 0.5) is 5.69 Å². The number of thiophene rings is 1. The molecule has 162 valence electrons. The first kappa shape index (κ1) is 20.4. The highest BCUT2D eigenvalue weighted by Gasteiger charge is 2.15. The molecule has 2 heterocycles. The lowest BCUT2D eigenvalue weighted by atomic mass is 10.0. The Bertz CT molecular complexity index is 1450. The van der Waals surface area contributed by atoms with Gasteiger partial charge >= 0.3 is 0 Å². The van der Waals surface area contributed by atoms with Gasteiger partial charge in [0.1, 0.15) is 11.5 Å². The number of aromatic nitrogens is 4. The highest BCUT2D eigenvalue weighted by atomic mass is 32.1. The molecule has 2 aromatic heterocycles. The smallest absolute Gasteiger partial charge is 0.255 e. The van der Waals surface area contributed by atoms with Gasteiger partial charge in [-0.1, -0.05) is 30.3 Å². The number of benzene rings is 3. The van der Waals surface area contributed by atoms with Crippen LogP contribution in [0.15, 0.2) is 78.9 Å². The number of aromatic amines is 1. The van der Waals surface area contributed by atoms with Crippen molar-refractivity contribution in [1.82, 2.24) is 20.6 Å². The van der Waals surface area contributed by atoms with Crippen LogP contribution in [-0.4, -0.2) is 36.7 Å². The Labute approximate surface area is 192 Å². The number of aromatic hydroxyl groups is 2. The molecule has 4 N–H and O–H groups in total. The number of carbonyl (C=O) groups is 1. The monoisotopic (exact) mass is 455 g/mol.